The van der Waals surface area contributed by atoms with Crippen LogP contribution in [0.4, 0.5) is 0 Å². The maximum atomic E-state index is 12.9. The predicted molar refractivity (Wildman–Crippen MR) is 135 cm³/mol. The van der Waals surface area contributed by atoms with Gasteiger partial charge in [0, 0.05) is 0 Å². The fraction of sp³-hybridized carbons (Fsp3) is 0.227. The second-order valence-corrected chi connectivity index (χ2v) is 9.61. The monoisotopic (exact) mass is 554 g/mol. The van der Waals surface area contributed by atoms with Gasteiger partial charge in [-0.25, -0.2) is 0 Å². The fourth-order valence-corrected chi connectivity index (χ4v) is 4.78. The summed E-state index contributed by atoms with van der Waals surface area (Å²) in [6.45, 7) is 2.67. The van der Waals surface area contributed by atoms with Gasteiger partial charge in [-0.2, -0.15) is 5.01 Å². The summed E-state index contributed by atoms with van der Waals surface area (Å²) >= 11 is 16.0. The molecule has 1 heterocycles. The Morgan fingerprint density at radius 3 is 2.78 bits per heavy atom. The summed E-state index contributed by atoms with van der Waals surface area (Å²) in [5.41, 5.74) is 3.49. The van der Waals surface area contributed by atoms with Gasteiger partial charge in [0.1, 0.15) is 0 Å². The summed E-state index contributed by atoms with van der Waals surface area (Å²) in [5.74, 6) is 0.201. The first-order chi connectivity index (χ1) is 15.3. The number of amides is 2. The van der Waals surface area contributed by atoms with Crippen molar-refractivity contribution in [3.05, 3.63) is 61.9 Å². The molecule has 1 aliphatic heterocycles. The van der Waals surface area contributed by atoms with Crippen LogP contribution in [-0.2, 0) is 4.79 Å². The first-order valence-corrected chi connectivity index (χ1v) is 12.1. The molecule has 1 N–H and O–H groups in total. The summed E-state index contributed by atoms with van der Waals surface area (Å²) in [7, 11) is 1.56. The number of carbonyl (C=O) groups is 2. The highest BCUT2D eigenvalue weighted by atomic mass is 79.9. The number of ether oxygens (including phenoxy) is 2. The first kappa shape index (κ1) is 24.6. The minimum absolute atomic E-state index is 0.215. The summed E-state index contributed by atoms with van der Waals surface area (Å²) in [6, 6.07) is 10.2. The molecule has 0 aromatic heterocycles. The summed E-state index contributed by atoms with van der Waals surface area (Å²) in [6.07, 6.45) is 3.64. The van der Waals surface area contributed by atoms with E-state index in [4.69, 9.17) is 33.3 Å². The van der Waals surface area contributed by atoms with Crippen molar-refractivity contribution in [3.63, 3.8) is 0 Å². The molecule has 10 heteroatoms. The van der Waals surface area contributed by atoms with Crippen molar-refractivity contribution in [1.82, 2.24) is 10.4 Å². The van der Waals surface area contributed by atoms with Crippen LogP contribution in [0.3, 0.4) is 0 Å². The number of rotatable bonds is 8. The molecule has 0 saturated carbocycles. The lowest BCUT2D eigenvalue weighted by atomic mass is 10.2. The zero-order valence-corrected chi connectivity index (χ0v) is 21.3. The molecule has 2 aromatic rings. The minimum Gasteiger partial charge on any atom is -0.493 e. The molecule has 2 amide bonds. The van der Waals surface area contributed by atoms with Crippen molar-refractivity contribution in [2.24, 2.45) is 0 Å². The molecule has 6 nitrogen and oxygen atoms in total. The second-order valence-electron chi connectivity index (χ2n) is 6.67. The quantitative estimate of drug-likeness (QED) is 0.251. The van der Waals surface area contributed by atoms with Crippen molar-refractivity contribution < 1.29 is 19.1 Å². The van der Waals surface area contributed by atoms with Crippen LogP contribution in [-0.4, -0.2) is 34.9 Å². The van der Waals surface area contributed by atoms with Gasteiger partial charge >= 0.3 is 0 Å². The van der Waals surface area contributed by atoms with Gasteiger partial charge in [-0.15, -0.1) is 0 Å². The third-order valence-electron chi connectivity index (χ3n) is 4.42. The molecule has 0 aliphatic carbocycles. The number of nitrogens with one attached hydrogen (secondary N) is 1. The van der Waals surface area contributed by atoms with Gasteiger partial charge in [0.05, 0.1) is 33.7 Å². The SMILES string of the molecule is CCCCOc1c(Br)cc(/C=C2\SC(=S)N(NC(=O)c3ccccc3Cl)C2=O)cc1OC. The van der Waals surface area contributed by atoms with Gasteiger partial charge in [-0.05, 0) is 70.5 Å². The zero-order valence-electron chi connectivity index (χ0n) is 17.3. The van der Waals surface area contributed by atoms with Crippen LogP contribution in [0.25, 0.3) is 6.08 Å². The van der Waals surface area contributed by atoms with E-state index in [-0.39, 0.29) is 14.9 Å². The highest BCUT2D eigenvalue weighted by Gasteiger charge is 2.34. The number of hydrazine groups is 1. The highest BCUT2D eigenvalue weighted by Crippen LogP contribution is 2.39. The number of nitrogens with zero attached hydrogens (tertiary/aromatic N) is 1. The average Bonchev–Trinajstić information content (AvgIpc) is 3.02. The largest absolute Gasteiger partial charge is 0.493 e. The second kappa shape index (κ2) is 11.2. The van der Waals surface area contributed by atoms with Crippen LogP contribution in [0, 0.1) is 0 Å². The van der Waals surface area contributed by atoms with Gasteiger partial charge in [-0.1, -0.05) is 48.8 Å². The molecule has 1 fully saturated rings. The van der Waals surface area contributed by atoms with E-state index >= 15 is 0 Å². The third-order valence-corrected chi connectivity index (χ3v) is 6.64. The zero-order chi connectivity index (χ0) is 23.3. The summed E-state index contributed by atoms with van der Waals surface area (Å²) < 4.78 is 12.2. The van der Waals surface area contributed by atoms with E-state index in [2.05, 4.69) is 28.3 Å². The van der Waals surface area contributed by atoms with Crippen molar-refractivity contribution in [3.8, 4) is 11.5 Å². The van der Waals surface area contributed by atoms with Gasteiger partial charge in [-0.3, -0.25) is 15.0 Å². The number of thioether (sulfide) groups is 1. The molecule has 3 rings (SSSR count). The number of unbranched alkanes of at least 4 members (excludes halogenated alkanes) is 1. The molecule has 32 heavy (non-hydrogen) atoms. The minimum atomic E-state index is -0.522. The molecule has 0 radical (unpaired) electrons. The van der Waals surface area contributed by atoms with Crippen LogP contribution < -0.4 is 14.9 Å². The Morgan fingerprint density at radius 1 is 1.34 bits per heavy atom. The molecule has 1 aliphatic rings. The van der Waals surface area contributed by atoms with E-state index in [1.165, 1.54) is 0 Å². The third kappa shape index (κ3) is 5.64. The molecular weight excluding hydrogens is 536 g/mol. The van der Waals surface area contributed by atoms with Crippen molar-refractivity contribution >= 4 is 73.7 Å². The highest BCUT2D eigenvalue weighted by molar-refractivity contribution is 9.10. The predicted octanol–water partition coefficient (Wildman–Crippen LogP) is 5.84. The molecule has 0 atom stereocenters. The van der Waals surface area contributed by atoms with E-state index < -0.39 is 11.8 Å². The molecule has 2 aromatic carbocycles. The van der Waals surface area contributed by atoms with Gasteiger partial charge in [0.25, 0.3) is 11.8 Å². The number of thiocarbonyl (C=S) groups is 1. The molecule has 168 valence electrons. The number of halogens is 2. The number of methoxy groups -OCH3 is 1. The molecule has 1 saturated heterocycles. The standard InChI is InChI=1S/C22H20BrClN2O4S2/c1-3-4-9-30-19-15(23)10-13(11-17(19)29-2)12-18-21(28)26(22(31)32-18)25-20(27)14-7-5-6-8-16(14)24/h5-8,10-12H,3-4,9H2,1-2H3,(H,25,27)/b18-12-. The van der Waals surface area contributed by atoms with Gasteiger partial charge in [0.15, 0.2) is 15.8 Å². The van der Waals surface area contributed by atoms with E-state index in [0.29, 0.717) is 27.5 Å². The summed E-state index contributed by atoms with van der Waals surface area (Å²) in [5, 5.41) is 1.33. The van der Waals surface area contributed by atoms with Crippen molar-refractivity contribution in [2.45, 2.75) is 19.8 Å². The maximum absolute atomic E-state index is 12.9. The van der Waals surface area contributed by atoms with E-state index in [9.17, 15) is 9.59 Å². The Labute approximate surface area is 209 Å². The van der Waals surface area contributed by atoms with Crippen molar-refractivity contribution in [2.75, 3.05) is 13.7 Å². The normalized spacial score (nSPS) is 14.8. The summed E-state index contributed by atoms with van der Waals surface area (Å²) in [4.78, 5) is 25.8. The Kier molecular flexibility index (Phi) is 8.58. The van der Waals surface area contributed by atoms with E-state index in [0.717, 1.165) is 35.2 Å². The number of hydrogen-bond donors (Lipinski definition) is 1. The molecule has 0 bridgehead atoms. The van der Waals surface area contributed by atoms with Crippen molar-refractivity contribution in [1.29, 1.82) is 0 Å². The van der Waals surface area contributed by atoms with Gasteiger partial charge in [0.2, 0.25) is 0 Å². The molecule has 0 unspecified atom stereocenters. The fourth-order valence-electron chi connectivity index (χ4n) is 2.80. The van der Waals surface area contributed by atoms with Crippen LogP contribution in [0.2, 0.25) is 5.02 Å². The number of carbonyl (C=O) groups excluding carboxylic acids is 2. The lowest BCUT2D eigenvalue weighted by Crippen LogP contribution is -2.44. The Morgan fingerprint density at radius 2 is 2.09 bits per heavy atom. The molecule has 0 spiro atoms. The Hall–Kier alpha value is -2.07. The Balaban J connectivity index is 1.80. The lowest BCUT2D eigenvalue weighted by Gasteiger charge is -2.16. The van der Waals surface area contributed by atoms with Crippen LogP contribution in [0.1, 0.15) is 35.7 Å². The van der Waals surface area contributed by atoms with Crippen LogP contribution in [0.5, 0.6) is 11.5 Å². The number of benzene rings is 2. The number of hydrogen-bond acceptors (Lipinski definition) is 6. The maximum Gasteiger partial charge on any atom is 0.285 e. The Bertz CT molecular complexity index is 1090. The van der Waals surface area contributed by atoms with E-state index in [1.54, 1.807) is 43.5 Å². The topological polar surface area (TPSA) is 67.9 Å². The smallest absolute Gasteiger partial charge is 0.285 e. The van der Waals surface area contributed by atoms with E-state index in [1.807, 2.05) is 6.07 Å². The van der Waals surface area contributed by atoms with Crippen LogP contribution >= 0.6 is 51.5 Å². The average molecular weight is 556 g/mol. The van der Waals surface area contributed by atoms with Crippen LogP contribution in [0.15, 0.2) is 45.8 Å². The molecular formula is C22H20BrClN2O4S2. The first-order valence-electron chi connectivity index (χ1n) is 9.69. The lowest BCUT2D eigenvalue weighted by molar-refractivity contribution is -0.123. The van der Waals surface area contributed by atoms with Gasteiger partial charge < -0.3 is 9.47 Å².